The molecule has 1 amide bonds. The molecule has 100 valence electrons. The maximum atomic E-state index is 12.2. The van der Waals surface area contributed by atoms with Gasteiger partial charge in [0.05, 0.1) is 10.6 Å². The highest BCUT2D eigenvalue weighted by atomic mass is 35.5. The zero-order chi connectivity index (χ0) is 12.4. The Kier molecular flexibility index (Phi) is 5.73. The number of likely N-dealkylation sites (tertiary alicyclic amines) is 1. The number of carbonyl (C=O) groups excluding carboxylic acids is 1. The van der Waals surface area contributed by atoms with Crippen LogP contribution in [0.3, 0.4) is 0 Å². The fourth-order valence-electron chi connectivity index (χ4n) is 1.93. The molecule has 2 rings (SSSR count). The molecule has 3 nitrogen and oxygen atoms in total. The van der Waals surface area contributed by atoms with E-state index in [9.17, 15) is 4.79 Å². The average molecular weight is 310 g/mol. The second-order valence-electron chi connectivity index (χ2n) is 4.25. The van der Waals surface area contributed by atoms with Crippen LogP contribution in [0.1, 0.15) is 23.2 Å². The van der Waals surface area contributed by atoms with E-state index in [4.69, 9.17) is 28.9 Å². The van der Waals surface area contributed by atoms with E-state index < -0.39 is 0 Å². The lowest BCUT2D eigenvalue weighted by Gasteiger charge is -2.30. The maximum absolute atomic E-state index is 12.2. The van der Waals surface area contributed by atoms with E-state index in [2.05, 4.69) is 0 Å². The molecule has 1 heterocycles. The summed E-state index contributed by atoms with van der Waals surface area (Å²) in [5.41, 5.74) is 6.27. The number of halogens is 3. The van der Waals surface area contributed by atoms with E-state index in [1.54, 1.807) is 23.1 Å². The molecule has 0 spiro atoms. The van der Waals surface area contributed by atoms with Gasteiger partial charge >= 0.3 is 0 Å². The normalized spacial score (nSPS) is 16.3. The van der Waals surface area contributed by atoms with E-state index in [0.717, 1.165) is 12.8 Å². The Bertz CT molecular complexity index is 431. The van der Waals surface area contributed by atoms with Crippen molar-refractivity contribution in [3.05, 3.63) is 33.8 Å². The zero-order valence-corrected chi connectivity index (χ0v) is 12.1. The van der Waals surface area contributed by atoms with Crippen LogP contribution in [0.5, 0.6) is 0 Å². The molecule has 18 heavy (non-hydrogen) atoms. The highest BCUT2D eigenvalue weighted by molar-refractivity contribution is 6.35. The average Bonchev–Trinajstić information content (AvgIpc) is 2.32. The minimum Gasteiger partial charge on any atom is -0.338 e. The summed E-state index contributed by atoms with van der Waals surface area (Å²) in [5.74, 6) is -0.0654. The number of nitrogens with two attached hydrogens (primary N) is 1. The third-order valence-electron chi connectivity index (χ3n) is 2.99. The Labute approximate surface area is 123 Å². The largest absolute Gasteiger partial charge is 0.338 e. The first-order valence-corrected chi connectivity index (χ1v) is 6.33. The second-order valence-corrected chi connectivity index (χ2v) is 5.10. The maximum Gasteiger partial charge on any atom is 0.255 e. The van der Waals surface area contributed by atoms with Crippen molar-refractivity contribution in [3.63, 3.8) is 0 Å². The van der Waals surface area contributed by atoms with E-state index in [1.165, 1.54) is 0 Å². The quantitative estimate of drug-likeness (QED) is 0.867. The van der Waals surface area contributed by atoms with Crippen molar-refractivity contribution in [2.24, 2.45) is 5.73 Å². The van der Waals surface area contributed by atoms with Crippen LogP contribution < -0.4 is 5.73 Å². The van der Waals surface area contributed by atoms with Gasteiger partial charge in [-0.2, -0.15) is 0 Å². The zero-order valence-electron chi connectivity index (χ0n) is 9.73. The third-order valence-corrected chi connectivity index (χ3v) is 3.55. The van der Waals surface area contributed by atoms with Gasteiger partial charge in [0, 0.05) is 24.2 Å². The molecule has 0 radical (unpaired) electrons. The van der Waals surface area contributed by atoms with Gasteiger partial charge in [0.1, 0.15) is 0 Å². The van der Waals surface area contributed by atoms with Crippen molar-refractivity contribution in [2.45, 2.75) is 18.9 Å². The molecule has 1 fully saturated rings. The number of hydrogen-bond donors (Lipinski definition) is 1. The molecule has 0 atom stereocenters. The number of nitrogens with zero attached hydrogens (tertiary/aromatic N) is 1. The number of rotatable bonds is 1. The second kappa shape index (κ2) is 6.62. The van der Waals surface area contributed by atoms with Gasteiger partial charge in [-0.15, -0.1) is 12.4 Å². The first-order valence-electron chi connectivity index (χ1n) is 5.58. The van der Waals surface area contributed by atoms with Crippen molar-refractivity contribution in [2.75, 3.05) is 13.1 Å². The summed E-state index contributed by atoms with van der Waals surface area (Å²) in [7, 11) is 0. The third kappa shape index (κ3) is 3.51. The summed E-state index contributed by atoms with van der Waals surface area (Å²) in [6, 6.07) is 5.13. The van der Waals surface area contributed by atoms with Crippen LogP contribution in [0.2, 0.25) is 10.0 Å². The molecular formula is C12H15Cl3N2O. The van der Waals surface area contributed by atoms with Crippen LogP contribution in [-0.2, 0) is 0 Å². The molecule has 0 aromatic heterocycles. The van der Waals surface area contributed by atoms with Crippen LogP contribution in [0.4, 0.5) is 0 Å². The monoisotopic (exact) mass is 308 g/mol. The highest BCUT2D eigenvalue weighted by Crippen LogP contribution is 2.23. The lowest BCUT2D eigenvalue weighted by atomic mass is 10.0. The smallest absolute Gasteiger partial charge is 0.255 e. The van der Waals surface area contributed by atoms with Crippen molar-refractivity contribution < 1.29 is 4.79 Å². The predicted molar refractivity (Wildman–Crippen MR) is 76.8 cm³/mol. The summed E-state index contributed by atoms with van der Waals surface area (Å²) in [5, 5.41) is 0.959. The SMILES string of the molecule is Cl.NC1CCN(C(=O)c2cc(Cl)ccc2Cl)CC1. The van der Waals surface area contributed by atoms with E-state index >= 15 is 0 Å². The number of hydrogen-bond acceptors (Lipinski definition) is 2. The molecule has 0 bridgehead atoms. The lowest BCUT2D eigenvalue weighted by molar-refractivity contribution is 0.0715. The number of piperidine rings is 1. The highest BCUT2D eigenvalue weighted by Gasteiger charge is 2.23. The van der Waals surface area contributed by atoms with Crippen LogP contribution in [0, 0.1) is 0 Å². The van der Waals surface area contributed by atoms with Gasteiger partial charge in [-0.1, -0.05) is 23.2 Å². The Hall–Kier alpha value is -0.480. The molecule has 2 N–H and O–H groups in total. The standard InChI is InChI=1S/C12H14Cl2N2O.ClH/c13-8-1-2-11(14)10(7-8)12(17)16-5-3-9(15)4-6-16;/h1-2,7,9H,3-6,15H2;1H. The van der Waals surface area contributed by atoms with Crippen molar-refractivity contribution in [1.82, 2.24) is 4.90 Å². The molecule has 6 heteroatoms. The van der Waals surface area contributed by atoms with Crippen LogP contribution in [0.25, 0.3) is 0 Å². The van der Waals surface area contributed by atoms with Gasteiger partial charge in [-0.05, 0) is 31.0 Å². The molecule has 1 aromatic rings. The first-order chi connectivity index (χ1) is 8.08. The Morgan fingerprint density at radius 1 is 1.28 bits per heavy atom. The Morgan fingerprint density at radius 2 is 1.89 bits per heavy atom. The fraction of sp³-hybridized carbons (Fsp3) is 0.417. The van der Waals surface area contributed by atoms with Crippen LogP contribution in [0.15, 0.2) is 18.2 Å². The molecule has 1 aliphatic heterocycles. The number of amides is 1. The van der Waals surface area contributed by atoms with Crippen molar-refractivity contribution in [3.8, 4) is 0 Å². The Balaban J connectivity index is 0.00000162. The fourth-order valence-corrected chi connectivity index (χ4v) is 2.30. The van der Waals surface area contributed by atoms with Crippen molar-refractivity contribution >= 4 is 41.5 Å². The molecule has 0 unspecified atom stereocenters. The van der Waals surface area contributed by atoms with Gasteiger partial charge < -0.3 is 10.6 Å². The van der Waals surface area contributed by atoms with Crippen LogP contribution >= 0.6 is 35.6 Å². The van der Waals surface area contributed by atoms with Gasteiger partial charge in [0.2, 0.25) is 0 Å². The summed E-state index contributed by atoms with van der Waals surface area (Å²) in [6.07, 6.45) is 1.67. The molecule has 0 aliphatic carbocycles. The Morgan fingerprint density at radius 3 is 2.50 bits per heavy atom. The molecule has 1 aromatic carbocycles. The van der Waals surface area contributed by atoms with Gasteiger partial charge in [-0.3, -0.25) is 4.79 Å². The van der Waals surface area contributed by atoms with Gasteiger partial charge in [-0.25, -0.2) is 0 Å². The van der Waals surface area contributed by atoms with E-state index in [0.29, 0.717) is 28.7 Å². The molecule has 1 aliphatic rings. The number of carbonyl (C=O) groups is 1. The molecule has 1 saturated heterocycles. The topological polar surface area (TPSA) is 46.3 Å². The van der Waals surface area contributed by atoms with E-state index in [1.807, 2.05) is 0 Å². The lowest BCUT2D eigenvalue weighted by Crippen LogP contribution is -2.42. The van der Waals surface area contributed by atoms with Gasteiger partial charge in [0.25, 0.3) is 5.91 Å². The molecular weight excluding hydrogens is 295 g/mol. The summed E-state index contributed by atoms with van der Waals surface area (Å²) in [6.45, 7) is 1.37. The van der Waals surface area contributed by atoms with Crippen molar-refractivity contribution in [1.29, 1.82) is 0 Å². The number of benzene rings is 1. The van der Waals surface area contributed by atoms with E-state index in [-0.39, 0.29) is 24.4 Å². The van der Waals surface area contributed by atoms with Crippen LogP contribution in [-0.4, -0.2) is 29.9 Å². The minimum atomic E-state index is -0.0654. The first kappa shape index (κ1) is 15.6. The summed E-state index contributed by atoms with van der Waals surface area (Å²) < 4.78 is 0. The van der Waals surface area contributed by atoms with Gasteiger partial charge in [0.15, 0.2) is 0 Å². The minimum absolute atomic E-state index is 0. The predicted octanol–water partition coefficient (Wildman–Crippen LogP) is 2.98. The molecule has 0 saturated carbocycles. The summed E-state index contributed by atoms with van der Waals surface area (Å²) in [4.78, 5) is 14.0. The summed E-state index contributed by atoms with van der Waals surface area (Å²) >= 11 is 11.9.